The number of rotatable bonds is 0. The van der Waals surface area contributed by atoms with E-state index < -0.39 is 0 Å². The van der Waals surface area contributed by atoms with Crippen LogP contribution in [0.1, 0.15) is 31.2 Å². The Hall–Kier alpha value is -0.830. The maximum absolute atomic E-state index is 4.48. The quantitative estimate of drug-likeness (QED) is 0.667. The molecule has 0 aromatic carbocycles. The molecular formula is C11H17N3. The smallest absolute Gasteiger partial charge is 0.0949 e. The van der Waals surface area contributed by atoms with Gasteiger partial charge in [0.2, 0.25) is 0 Å². The second kappa shape index (κ2) is 2.60. The van der Waals surface area contributed by atoms with Crippen LogP contribution in [0.2, 0.25) is 0 Å². The highest BCUT2D eigenvalue weighted by Gasteiger charge is 2.47. The maximum atomic E-state index is 4.48. The number of aromatic nitrogens is 2. The molecule has 1 N–H and O–H groups in total. The zero-order valence-corrected chi connectivity index (χ0v) is 8.88. The van der Waals surface area contributed by atoms with E-state index in [4.69, 9.17) is 0 Å². The van der Waals surface area contributed by atoms with Crippen molar-refractivity contribution in [2.75, 3.05) is 6.54 Å². The number of hydrogen-bond donors (Lipinski definition) is 1. The Kier molecular flexibility index (Phi) is 1.57. The van der Waals surface area contributed by atoms with Gasteiger partial charge in [0.1, 0.15) is 0 Å². The number of aryl methyl sites for hydroxylation is 1. The summed E-state index contributed by atoms with van der Waals surface area (Å²) >= 11 is 0. The van der Waals surface area contributed by atoms with E-state index in [2.05, 4.69) is 28.8 Å². The van der Waals surface area contributed by atoms with E-state index in [-0.39, 0.29) is 5.54 Å². The molecule has 1 aromatic heterocycles. The van der Waals surface area contributed by atoms with Gasteiger partial charge in [0.15, 0.2) is 0 Å². The lowest BCUT2D eigenvalue weighted by Gasteiger charge is -2.49. The lowest BCUT2D eigenvalue weighted by molar-refractivity contribution is 0.0988. The molecule has 0 amide bonds. The van der Waals surface area contributed by atoms with Crippen LogP contribution in [0.25, 0.3) is 0 Å². The summed E-state index contributed by atoms with van der Waals surface area (Å²) in [6.45, 7) is 3.42. The Morgan fingerprint density at radius 2 is 2.36 bits per heavy atom. The third-order valence-electron chi connectivity index (χ3n) is 3.69. The molecule has 3 heteroatoms. The fourth-order valence-corrected chi connectivity index (χ4v) is 3.25. The minimum Gasteiger partial charge on any atom is -0.336 e. The van der Waals surface area contributed by atoms with Gasteiger partial charge in [-0.3, -0.25) is 0 Å². The lowest BCUT2D eigenvalue weighted by atomic mass is 9.65. The van der Waals surface area contributed by atoms with Crippen LogP contribution in [0.4, 0.5) is 0 Å². The molecule has 1 aromatic rings. The van der Waals surface area contributed by atoms with Crippen LogP contribution in [0.15, 0.2) is 6.33 Å². The number of imidazole rings is 1. The van der Waals surface area contributed by atoms with Crippen molar-refractivity contribution in [3.8, 4) is 0 Å². The summed E-state index contributed by atoms with van der Waals surface area (Å²) in [6, 6.07) is 0. The van der Waals surface area contributed by atoms with Crippen LogP contribution in [0.5, 0.6) is 0 Å². The van der Waals surface area contributed by atoms with Gasteiger partial charge >= 0.3 is 0 Å². The van der Waals surface area contributed by atoms with Gasteiger partial charge in [-0.1, -0.05) is 6.92 Å². The van der Waals surface area contributed by atoms with Gasteiger partial charge in [0.25, 0.3) is 0 Å². The molecule has 3 nitrogen and oxygen atoms in total. The van der Waals surface area contributed by atoms with Crippen molar-refractivity contribution >= 4 is 0 Å². The summed E-state index contributed by atoms with van der Waals surface area (Å²) < 4.78 is 2.20. The Morgan fingerprint density at radius 3 is 3.07 bits per heavy atom. The Labute approximate surface area is 84.5 Å². The average Bonchev–Trinajstić information content (AvgIpc) is 2.47. The lowest BCUT2D eigenvalue weighted by Crippen LogP contribution is -2.56. The molecule has 3 rings (SSSR count). The number of fused-ring (bicyclic) bond motifs is 2. The summed E-state index contributed by atoms with van der Waals surface area (Å²) in [5, 5.41) is 3.68. The zero-order chi connectivity index (χ0) is 9.76. The second-order valence-corrected chi connectivity index (χ2v) is 4.92. The number of nitrogens with one attached hydrogen (secondary N) is 1. The summed E-state index contributed by atoms with van der Waals surface area (Å²) in [6.07, 6.45) is 5.60. The number of nitrogens with zero attached hydrogens (tertiary/aromatic N) is 2. The molecule has 1 aliphatic carbocycles. The molecule has 76 valence electrons. The van der Waals surface area contributed by atoms with Crippen molar-refractivity contribution in [3.05, 3.63) is 17.7 Å². The zero-order valence-electron chi connectivity index (χ0n) is 8.88. The van der Waals surface area contributed by atoms with Crippen molar-refractivity contribution in [2.24, 2.45) is 13.0 Å². The van der Waals surface area contributed by atoms with E-state index in [1.807, 2.05) is 6.33 Å². The van der Waals surface area contributed by atoms with E-state index in [1.165, 1.54) is 24.2 Å². The first-order chi connectivity index (χ1) is 6.71. The van der Waals surface area contributed by atoms with Gasteiger partial charge < -0.3 is 9.88 Å². The summed E-state index contributed by atoms with van der Waals surface area (Å²) in [4.78, 5) is 4.48. The Morgan fingerprint density at radius 1 is 1.57 bits per heavy atom. The summed E-state index contributed by atoms with van der Waals surface area (Å²) in [5.41, 5.74) is 3.04. The third kappa shape index (κ3) is 0.934. The standard InChI is InChI=1S/C11H17N3/c1-8-5-11(6-8)10-9(3-4-13-11)12-7-14(10)2/h7-8,13H,3-6H2,1-2H3. The third-order valence-corrected chi connectivity index (χ3v) is 3.69. The highest BCUT2D eigenvalue weighted by atomic mass is 15.1. The van der Waals surface area contributed by atoms with Crippen LogP contribution in [-0.2, 0) is 19.0 Å². The first-order valence-electron chi connectivity index (χ1n) is 5.47. The Bertz CT molecular complexity index is 361. The SMILES string of the molecule is CC1CC2(C1)NCCc1ncn(C)c12. The first-order valence-corrected chi connectivity index (χ1v) is 5.47. The van der Waals surface area contributed by atoms with E-state index in [9.17, 15) is 0 Å². The highest BCUT2D eigenvalue weighted by molar-refractivity contribution is 5.29. The highest BCUT2D eigenvalue weighted by Crippen LogP contribution is 2.47. The number of hydrogen-bond acceptors (Lipinski definition) is 2. The average molecular weight is 191 g/mol. The molecular weight excluding hydrogens is 174 g/mol. The van der Waals surface area contributed by atoms with Gasteiger partial charge in [-0.25, -0.2) is 4.98 Å². The minimum atomic E-state index is 0.276. The molecule has 0 saturated heterocycles. The topological polar surface area (TPSA) is 29.9 Å². The normalized spacial score (nSPS) is 35.4. The molecule has 1 aliphatic heterocycles. The van der Waals surface area contributed by atoms with Crippen molar-refractivity contribution in [2.45, 2.75) is 31.7 Å². The van der Waals surface area contributed by atoms with E-state index >= 15 is 0 Å². The van der Waals surface area contributed by atoms with Crippen LogP contribution in [0.3, 0.4) is 0 Å². The van der Waals surface area contributed by atoms with Crippen molar-refractivity contribution in [3.63, 3.8) is 0 Å². The van der Waals surface area contributed by atoms with E-state index in [0.29, 0.717) is 0 Å². The van der Waals surface area contributed by atoms with Crippen LogP contribution in [-0.4, -0.2) is 16.1 Å². The monoisotopic (exact) mass is 191 g/mol. The van der Waals surface area contributed by atoms with Crippen LogP contribution in [0, 0.1) is 5.92 Å². The summed E-state index contributed by atoms with van der Waals surface area (Å²) in [7, 11) is 2.11. The second-order valence-electron chi connectivity index (χ2n) is 4.92. The predicted molar refractivity (Wildman–Crippen MR) is 55.0 cm³/mol. The maximum Gasteiger partial charge on any atom is 0.0949 e. The van der Waals surface area contributed by atoms with Crippen LogP contribution >= 0.6 is 0 Å². The molecule has 2 heterocycles. The first kappa shape index (κ1) is 8.48. The summed E-state index contributed by atoms with van der Waals surface area (Å²) in [5.74, 6) is 0.864. The molecule has 1 spiro atoms. The Balaban J connectivity index is 2.06. The van der Waals surface area contributed by atoms with Crippen molar-refractivity contribution in [1.82, 2.24) is 14.9 Å². The van der Waals surface area contributed by atoms with Gasteiger partial charge in [-0.05, 0) is 18.8 Å². The van der Waals surface area contributed by atoms with Crippen LogP contribution < -0.4 is 5.32 Å². The molecule has 0 bridgehead atoms. The van der Waals surface area contributed by atoms with Gasteiger partial charge in [0.05, 0.1) is 23.3 Å². The molecule has 0 radical (unpaired) electrons. The minimum absolute atomic E-state index is 0.276. The fraction of sp³-hybridized carbons (Fsp3) is 0.727. The van der Waals surface area contributed by atoms with Crippen molar-refractivity contribution < 1.29 is 0 Å². The van der Waals surface area contributed by atoms with Gasteiger partial charge in [0, 0.05) is 20.0 Å². The fourth-order valence-electron chi connectivity index (χ4n) is 3.25. The largest absolute Gasteiger partial charge is 0.336 e. The predicted octanol–water partition coefficient (Wildman–Crippen LogP) is 1.19. The van der Waals surface area contributed by atoms with E-state index in [1.54, 1.807) is 0 Å². The molecule has 1 saturated carbocycles. The molecule has 14 heavy (non-hydrogen) atoms. The van der Waals surface area contributed by atoms with Gasteiger partial charge in [-0.15, -0.1) is 0 Å². The molecule has 2 aliphatic rings. The van der Waals surface area contributed by atoms with Crippen molar-refractivity contribution in [1.29, 1.82) is 0 Å². The molecule has 0 unspecified atom stereocenters. The molecule has 1 fully saturated rings. The van der Waals surface area contributed by atoms with Gasteiger partial charge in [-0.2, -0.15) is 0 Å². The molecule has 0 atom stereocenters. The van der Waals surface area contributed by atoms with E-state index in [0.717, 1.165) is 18.9 Å².